The van der Waals surface area contributed by atoms with Gasteiger partial charge in [-0.25, -0.2) is 4.90 Å². The van der Waals surface area contributed by atoms with Gasteiger partial charge in [0.2, 0.25) is 11.8 Å². The number of rotatable bonds is 8. The standard InChI is InChI=1S/C42H31Cl2NO4/c1-2-25-49-33-23-21-32(22-24-33)45-38(46)36-37(39(45)47)42(29-15-19-31(44)20-16-29)35(27-11-7-4-8-12-27)34(26-9-5-3-6-10-26)41(36,40(42)48)28-13-17-30(43)18-14-28/h3-24,36-37H,2,25H2,1H3. The highest BCUT2D eigenvalue weighted by Crippen LogP contribution is 2.74. The highest BCUT2D eigenvalue weighted by Gasteiger charge is 2.82. The number of anilines is 1. The summed E-state index contributed by atoms with van der Waals surface area (Å²) in [5.74, 6) is -2.48. The third kappa shape index (κ3) is 4.35. The van der Waals surface area contributed by atoms with E-state index in [0.29, 0.717) is 50.4 Å². The lowest BCUT2D eigenvalue weighted by Gasteiger charge is -2.39. The number of imide groups is 1. The molecule has 0 aromatic heterocycles. The summed E-state index contributed by atoms with van der Waals surface area (Å²) in [6, 6.07) is 40.8. The van der Waals surface area contributed by atoms with Gasteiger partial charge < -0.3 is 4.74 Å². The number of carbonyl (C=O) groups is 3. The summed E-state index contributed by atoms with van der Waals surface area (Å²) in [4.78, 5) is 47.5. The molecule has 7 heteroatoms. The molecule has 4 unspecified atom stereocenters. The second-order valence-corrected chi connectivity index (χ2v) is 13.6. The average molecular weight is 685 g/mol. The van der Waals surface area contributed by atoms with Crippen LogP contribution in [0.15, 0.2) is 133 Å². The minimum absolute atomic E-state index is 0.206. The highest BCUT2D eigenvalue weighted by atomic mass is 35.5. The van der Waals surface area contributed by atoms with Crippen LogP contribution in [-0.2, 0) is 25.2 Å². The van der Waals surface area contributed by atoms with E-state index in [9.17, 15) is 0 Å². The van der Waals surface area contributed by atoms with Crippen molar-refractivity contribution in [3.8, 4) is 5.75 Å². The van der Waals surface area contributed by atoms with E-state index in [1.807, 2.05) is 91.9 Å². The summed E-state index contributed by atoms with van der Waals surface area (Å²) in [7, 11) is 0. The molecule has 0 radical (unpaired) electrons. The summed E-state index contributed by atoms with van der Waals surface area (Å²) >= 11 is 12.9. The van der Waals surface area contributed by atoms with Crippen LogP contribution in [0, 0.1) is 11.8 Å². The van der Waals surface area contributed by atoms with Gasteiger partial charge in [-0.1, -0.05) is 115 Å². The normalized spacial score (nSPS) is 24.1. The van der Waals surface area contributed by atoms with Crippen molar-refractivity contribution < 1.29 is 19.1 Å². The number of hydrogen-bond donors (Lipinski definition) is 0. The number of amides is 2. The van der Waals surface area contributed by atoms with Gasteiger partial charge >= 0.3 is 0 Å². The van der Waals surface area contributed by atoms with Crippen molar-refractivity contribution in [3.05, 3.63) is 166 Å². The second-order valence-electron chi connectivity index (χ2n) is 12.8. The smallest absolute Gasteiger partial charge is 0.239 e. The first-order valence-electron chi connectivity index (χ1n) is 16.4. The van der Waals surface area contributed by atoms with Gasteiger partial charge in [-0.15, -0.1) is 0 Å². The fourth-order valence-corrected chi connectivity index (χ4v) is 8.78. The summed E-state index contributed by atoms with van der Waals surface area (Å²) < 4.78 is 5.79. The van der Waals surface area contributed by atoms with Gasteiger partial charge in [0.05, 0.1) is 35.0 Å². The molecule has 2 amide bonds. The molecule has 2 aliphatic carbocycles. The molecule has 1 saturated carbocycles. The highest BCUT2D eigenvalue weighted by molar-refractivity contribution is 6.39. The lowest BCUT2D eigenvalue weighted by molar-refractivity contribution is -0.130. The van der Waals surface area contributed by atoms with Crippen molar-refractivity contribution in [3.63, 3.8) is 0 Å². The van der Waals surface area contributed by atoms with Crippen molar-refractivity contribution in [2.75, 3.05) is 11.5 Å². The van der Waals surface area contributed by atoms with Gasteiger partial charge in [0.1, 0.15) is 5.75 Å². The summed E-state index contributed by atoms with van der Waals surface area (Å²) in [5, 5.41) is 0.997. The van der Waals surface area contributed by atoms with Gasteiger partial charge in [-0.2, -0.15) is 0 Å². The van der Waals surface area contributed by atoms with Crippen LogP contribution in [0.2, 0.25) is 10.0 Å². The minimum Gasteiger partial charge on any atom is -0.494 e. The Morgan fingerprint density at radius 2 is 1.02 bits per heavy atom. The van der Waals surface area contributed by atoms with Crippen molar-refractivity contribution in [2.45, 2.75) is 24.2 Å². The van der Waals surface area contributed by atoms with Gasteiger partial charge in [-0.3, -0.25) is 14.4 Å². The topological polar surface area (TPSA) is 63.7 Å². The van der Waals surface area contributed by atoms with Crippen LogP contribution < -0.4 is 9.64 Å². The fourth-order valence-electron chi connectivity index (χ4n) is 8.52. The number of ether oxygens (including phenoxy) is 1. The van der Waals surface area contributed by atoms with Crippen LogP contribution in [0.25, 0.3) is 11.1 Å². The van der Waals surface area contributed by atoms with E-state index in [4.69, 9.17) is 27.9 Å². The molecule has 49 heavy (non-hydrogen) atoms. The molecule has 1 heterocycles. The number of hydrogen-bond acceptors (Lipinski definition) is 4. The molecule has 5 nitrogen and oxygen atoms in total. The van der Waals surface area contributed by atoms with E-state index in [0.717, 1.165) is 17.5 Å². The number of allylic oxidation sites excluding steroid dienone is 2. The number of Topliss-reactive ketones (excluding diaryl/α,β-unsaturated/α-hetero) is 1. The molecule has 0 N–H and O–H groups in total. The van der Waals surface area contributed by atoms with Crippen LogP contribution in [0.1, 0.15) is 35.6 Å². The molecule has 2 bridgehead atoms. The van der Waals surface area contributed by atoms with Crippen LogP contribution in [0.3, 0.4) is 0 Å². The first-order valence-corrected chi connectivity index (χ1v) is 17.1. The molecule has 8 rings (SSSR count). The molecule has 242 valence electrons. The first kappa shape index (κ1) is 31.3. The molecule has 1 saturated heterocycles. The van der Waals surface area contributed by atoms with E-state index < -0.39 is 34.5 Å². The third-order valence-electron chi connectivity index (χ3n) is 10.3. The monoisotopic (exact) mass is 683 g/mol. The second kappa shape index (κ2) is 11.9. The fraction of sp³-hybridized carbons (Fsp3) is 0.167. The maximum atomic E-state index is 16.0. The Labute approximate surface area is 294 Å². The van der Waals surface area contributed by atoms with Crippen molar-refractivity contribution in [1.82, 2.24) is 0 Å². The Morgan fingerprint density at radius 3 is 1.43 bits per heavy atom. The van der Waals surface area contributed by atoms with E-state index in [-0.39, 0.29) is 5.78 Å². The van der Waals surface area contributed by atoms with E-state index in [1.165, 1.54) is 4.90 Å². The Bertz CT molecular complexity index is 2000. The predicted octanol–water partition coefficient (Wildman–Crippen LogP) is 8.97. The lowest BCUT2D eigenvalue weighted by Crippen LogP contribution is -2.45. The minimum atomic E-state index is -1.52. The quantitative estimate of drug-likeness (QED) is 0.153. The molecular weight excluding hydrogens is 653 g/mol. The Kier molecular flexibility index (Phi) is 7.58. The molecule has 5 aromatic carbocycles. The number of carbonyl (C=O) groups excluding carboxylic acids is 3. The summed E-state index contributed by atoms with van der Waals surface area (Å²) in [6.07, 6.45) is 0.849. The zero-order valence-electron chi connectivity index (χ0n) is 26.6. The molecule has 0 spiro atoms. The number of benzene rings is 5. The molecular formula is C42H31Cl2NO4. The SMILES string of the molecule is CCCOc1ccc(N2C(=O)C3C(C2=O)C2(c4ccc(Cl)cc4)C(=O)C3(c3ccc(Cl)cc3)C(c3ccccc3)=C2c2ccccc2)cc1. The van der Waals surface area contributed by atoms with Crippen LogP contribution in [0.4, 0.5) is 5.69 Å². The van der Waals surface area contributed by atoms with Crippen LogP contribution in [0.5, 0.6) is 5.75 Å². The van der Waals surface area contributed by atoms with E-state index in [2.05, 4.69) is 0 Å². The lowest BCUT2D eigenvalue weighted by atomic mass is 9.59. The Morgan fingerprint density at radius 1 is 0.592 bits per heavy atom. The van der Waals surface area contributed by atoms with Gasteiger partial charge in [0, 0.05) is 10.0 Å². The van der Waals surface area contributed by atoms with Crippen LogP contribution in [-0.4, -0.2) is 24.2 Å². The van der Waals surface area contributed by atoms with Crippen molar-refractivity contribution in [1.29, 1.82) is 0 Å². The number of fused-ring (bicyclic) bond motifs is 5. The zero-order valence-corrected chi connectivity index (χ0v) is 28.1. The number of halogens is 2. The van der Waals surface area contributed by atoms with Crippen molar-refractivity contribution in [2.24, 2.45) is 11.8 Å². The molecule has 5 aromatic rings. The number of nitrogens with zero attached hydrogens (tertiary/aromatic N) is 1. The third-order valence-corrected chi connectivity index (χ3v) is 10.8. The zero-order chi connectivity index (χ0) is 33.9. The summed E-state index contributed by atoms with van der Waals surface area (Å²) in [6.45, 7) is 2.58. The summed E-state index contributed by atoms with van der Waals surface area (Å²) in [5.41, 5.74) is 1.65. The maximum absolute atomic E-state index is 16.0. The molecule has 4 atom stereocenters. The van der Waals surface area contributed by atoms with Gasteiger partial charge in [0.15, 0.2) is 5.78 Å². The maximum Gasteiger partial charge on any atom is 0.239 e. The van der Waals surface area contributed by atoms with Gasteiger partial charge in [-0.05, 0) is 88.4 Å². The van der Waals surface area contributed by atoms with Gasteiger partial charge in [0.25, 0.3) is 0 Å². The van der Waals surface area contributed by atoms with Crippen LogP contribution >= 0.6 is 23.2 Å². The van der Waals surface area contributed by atoms with E-state index in [1.54, 1.807) is 48.5 Å². The van der Waals surface area contributed by atoms with Crippen molar-refractivity contribution >= 4 is 57.6 Å². The molecule has 1 aliphatic heterocycles. The van der Waals surface area contributed by atoms with E-state index >= 15 is 14.4 Å². The Balaban J connectivity index is 1.48. The Hall–Kier alpha value is -4.97. The average Bonchev–Trinajstić information content (AvgIpc) is 3.64. The number of ketones is 1. The largest absolute Gasteiger partial charge is 0.494 e. The molecule has 3 aliphatic rings. The molecule has 2 fully saturated rings. The first-order chi connectivity index (χ1) is 23.8. The predicted molar refractivity (Wildman–Crippen MR) is 193 cm³/mol.